The maximum Gasteiger partial charge on any atom is -0.00201 e. The van der Waals surface area contributed by atoms with E-state index in [4.69, 9.17) is 0 Å². The van der Waals surface area contributed by atoms with Crippen LogP contribution in [0.2, 0.25) is 0 Å². The molecule has 0 aliphatic carbocycles. The zero-order valence-electron chi connectivity index (χ0n) is 36.4. The van der Waals surface area contributed by atoms with Crippen molar-refractivity contribution in [1.29, 1.82) is 0 Å². The van der Waals surface area contributed by atoms with Crippen molar-refractivity contribution in [3.63, 3.8) is 0 Å². The van der Waals surface area contributed by atoms with Gasteiger partial charge in [-0.1, -0.05) is 261 Å². The standard InChI is InChI=1S/C66H44/c1-3-24-47(25-4-1)63-55-34-13-15-36-57(55)65(58-37-16-14-35-56(58)63)50-29-21-28-49(44-50)51-30-9-7-22-45(51)42-43-46-23-8-10-31-52(46)53-32-11-12-33-54(53)66-61-40-19-17-38-59(61)64(48-26-5-2-6-27-48)60-39-18-20-41-62(60)66/h1-44H. The number of fused-ring (bicyclic) bond motifs is 4. The Bertz CT molecular complexity index is 3680. The van der Waals surface area contributed by atoms with E-state index >= 15 is 0 Å². The molecule has 0 heterocycles. The Kier molecular flexibility index (Phi) is 9.97. The van der Waals surface area contributed by atoms with Gasteiger partial charge in [0.2, 0.25) is 0 Å². The largest absolute Gasteiger partial charge is 0.0622 e. The fourth-order valence-corrected chi connectivity index (χ4v) is 10.4. The van der Waals surface area contributed by atoms with Crippen LogP contribution in [0.4, 0.5) is 0 Å². The Morgan fingerprint density at radius 2 is 0.485 bits per heavy atom. The molecular formula is C66H44. The molecule has 0 bridgehead atoms. The van der Waals surface area contributed by atoms with E-state index in [1.165, 1.54) is 121 Å². The van der Waals surface area contributed by atoms with Crippen LogP contribution < -0.4 is 0 Å². The first-order valence-electron chi connectivity index (χ1n) is 22.8. The first-order chi connectivity index (χ1) is 32.8. The van der Waals surface area contributed by atoms with Gasteiger partial charge in [0.25, 0.3) is 0 Å². The molecule has 0 atom stereocenters. The second kappa shape index (κ2) is 16.8. The Labute approximate surface area is 386 Å². The minimum Gasteiger partial charge on any atom is -0.0622 e. The van der Waals surface area contributed by atoms with Crippen LogP contribution in [0.3, 0.4) is 0 Å². The molecule has 0 saturated carbocycles. The van der Waals surface area contributed by atoms with Gasteiger partial charge in [-0.25, -0.2) is 0 Å². The van der Waals surface area contributed by atoms with Crippen LogP contribution in [0.25, 0.3) is 122 Å². The van der Waals surface area contributed by atoms with E-state index in [1.54, 1.807) is 0 Å². The van der Waals surface area contributed by atoms with Crippen molar-refractivity contribution in [2.75, 3.05) is 0 Å². The smallest absolute Gasteiger partial charge is 0.00201 e. The van der Waals surface area contributed by atoms with Gasteiger partial charge in [0, 0.05) is 0 Å². The molecular weight excluding hydrogens is 793 g/mol. The Morgan fingerprint density at radius 1 is 0.182 bits per heavy atom. The molecule has 0 fully saturated rings. The third kappa shape index (κ3) is 6.79. The first kappa shape index (κ1) is 39.0. The molecule has 66 heavy (non-hydrogen) atoms. The third-order valence-corrected chi connectivity index (χ3v) is 13.3. The number of benzene rings is 12. The average molecular weight is 837 g/mol. The number of hydrogen-bond donors (Lipinski definition) is 0. The van der Waals surface area contributed by atoms with Crippen LogP contribution in [-0.4, -0.2) is 0 Å². The van der Waals surface area contributed by atoms with E-state index < -0.39 is 0 Å². The van der Waals surface area contributed by atoms with Crippen molar-refractivity contribution in [2.45, 2.75) is 0 Å². The van der Waals surface area contributed by atoms with Gasteiger partial charge in [0.15, 0.2) is 0 Å². The summed E-state index contributed by atoms with van der Waals surface area (Å²) in [6, 6.07) is 92.9. The lowest BCUT2D eigenvalue weighted by Gasteiger charge is -2.20. The van der Waals surface area contributed by atoms with E-state index in [0.717, 1.165) is 0 Å². The van der Waals surface area contributed by atoms with Gasteiger partial charge in [-0.05, 0) is 127 Å². The van der Waals surface area contributed by atoms with Crippen molar-refractivity contribution in [3.8, 4) is 66.8 Å². The molecule has 0 aromatic heterocycles. The minimum atomic E-state index is 1.17. The normalized spacial score (nSPS) is 11.6. The Balaban J connectivity index is 0.969. The zero-order chi connectivity index (χ0) is 43.8. The fraction of sp³-hybridized carbons (Fsp3) is 0. The molecule has 0 saturated heterocycles. The van der Waals surface area contributed by atoms with Gasteiger partial charge < -0.3 is 0 Å². The Hall–Kier alpha value is -8.58. The van der Waals surface area contributed by atoms with Crippen LogP contribution in [0.1, 0.15) is 11.1 Å². The Morgan fingerprint density at radius 3 is 0.955 bits per heavy atom. The molecule has 0 radical (unpaired) electrons. The van der Waals surface area contributed by atoms with Crippen molar-refractivity contribution >= 4 is 55.2 Å². The summed E-state index contributed by atoms with van der Waals surface area (Å²) < 4.78 is 0. The lowest BCUT2D eigenvalue weighted by atomic mass is 9.83. The van der Waals surface area contributed by atoms with Gasteiger partial charge in [-0.15, -0.1) is 0 Å². The van der Waals surface area contributed by atoms with E-state index in [9.17, 15) is 0 Å². The average Bonchev–Trinajstić information content (AvgIpc) is 3.39. The summed E-state index contributed by atoms with van der Waals surface area (Å²) in [5.41, 5.74) is 17.1. The maximum absolute atomic E-state index is 2.38. The topological polar surface area (TPSA) is 0 Å². The molecule has 0 amide bonds. The first-order valence-corrected chi connectivity index (χ1v) is 22.8. The van der Waals surface area contributed by atoms with Crippen LogP contribution in [-0.2, 0) is 0 Å². The number of hydrogen-bond acceptors (Lipinski definition) is 0. The predicted molar refractivity (Wildman–Crippen MR) is 284 cm³/mol. The summed E-state index contributed by atoms with van der Waals surface area (Å²) >= 11 is 0. The monoisotopic (exact) mass is 836 g/mol. The molecule has 0 aliphatic heterocycles. The molecule has 0 spiro atoms. The molecule has 0 aliphatic rings. The summed E-state index contributed by atoms with van der Waals surface area (Å²) in [7, 11) is 0. The third-order valence-electron chi connectivity index (χ3n) is 13.3. The molecule has 12 rings (SSSR count). The minimum absolute atomic E-state index is 1.17. The molecule has 0 unspecified atom stereocenters. The number of rotatable bonds is 8. The van der Waals surface area contributed by atoms with Crippen LogP contribution >= 0.6 is 0 Å². The fourth-order valence-electron chi connectivity index (χ4n) is 10.4. The van der Waals surface area contributed by atoms with Crippen molar-refractivity contribution in [2.24, 2.45) is 0 Å². The molecule has 0 N–H and O–H groups in total. The van der Waals surface area contributed by atoms with Crippen LogP contribution in [0.5, 0.6) is 0 Å². The van der Waals surface area contributed by atoms with Gasteiger partial charge in [-0.2, -0.15) is 0 Å². The predicted octanol–water partition coefficient (Wildman–Crippen LogP) is 18.5. The van der Waals surface area contributed by atoms with E-state index in [2.05, 4.69) is 267 Å². The lowest BCUT2D eigenvalue weighted by Crippen LogP contribution is -1.93. The lowest BCUT2D eigenvalue weighted by molar-refractivity contribution is 1.57. The second-order valence-electron chi connectivity index (χ2n) is 17.0. The molecule has 308 valence electrons. The molecule has 0 heteroatoms. The maximum atomic E-state index is 2.38. The van der Waals surface area contributed by atoms with Crippen LogP contribution in [0.15, 0.2) is 255 Å². The summed E-state index contributed by atoms with van der Waals surface area (Å²) in [5.74, 6) is 0. The van der Waals surface area contributed by atoms with Crippen molar-refractivity contribution < 1.29 is 0 Å². The van der Waals surface area contributed by atoms with E-state index in [1.807, 2.05) is 0 Å². The molecule has 0 nitrogen and oxygen atoms in total. The quantitative estimate of drug-likeness (QED) is 0.106. The molecule has 12 aromatic carbocycles. The van der Waals surface area contributed by atoms with Gasteiger partial charge >= 0.3 is 0 Å². The van der Waals surface area contributed by atoms with E-state index in [0.29, 0.717) is 0 Å². The van der Waals surface area contributed by atoms with Gasteiger partial charge in [0.05, 0.1) is 0 Å². The van der Waals surface area contributed by atoms with Gasteiger partial charge in [0.1, 0.15) is 0 Å². The van der Waals surface area contributed by atoms with E-state index in [-0.39, 0.29) is 0 Å². The highest BCUT2D eigenvalue weighted by Crippen LogP contribution is 2.47. The summed E-state index contributed by atoms with van der Waals surface area (Å²) in [6.07, 6.45) is 4.59. The second-order valence-corrected chi connectivity index (χ2v) is 17.0. The van der Waals surface area contributed by atoms with Crippen molar-refractivity contribution in [1.82, 2.24) is 0 Å². The van der Waals surface area contributed by atoms with Gasteiger partial charge in [-0.3, -0.25) is 0 Å². The zero-order valence-corrected chi connectivity index (χ0v) is 36.4. The summed E-state index contributed by atoms with van der Waals surface area (Å²) in [5, 5.41) is 10.0. The highest BCUT2D eigenvalue weighted by Gasteiger charge is 2.20. The summed E-state index contributed by atoms with van der Waals surface area (Å²) in [6.45, 7) is 0. The van der Waals surface area contributed by atoms with Crippen LogP contribution in [0, 0.1) is 0 Å². The summed E-state index contributed by atoms with van der Waals surface area (Å²) in [4.78, 5) is 0. The van der Waals surface area contributed by atoms with Crippen molar-refractivity contribution in [3.05, 3.63) is 266 Å². The highest BCUT2D eigenvalue weighted by atomic mass is 14.2. The SMILES string of the molecule is C(=Cc1ccccc1-c1ccccc1-c1c2ccccc2c(-c2ccccc2)c2ccccc12)c1ccccc1-c1cccc(-c2c3ccccc3c(-c3ccccc3)c3ccccc23)c1. The molecule has 12 aromatic rings. The highest BCUT2D eigenvalue weighted by molar-refractivity contribution is 6.23.